The van der Waals surface area contributed by atoms with Crippen LogP contribution in [0.3, 0.4) is 0 Å². The Bertz CT molecular complexity index is 581. The zero-order valence-corrected chi connectivity index (χ0v) is 10.0. The SMILES string of the molecule is N#Cc1c([N+](=O)[O-])ccc2c1O[C@H]1CCNC[C@H]1N2. The highest BCUT2D eigenvalue weighted by Gasteiger charge is 2.35. The molecule has 2 aliphatic rings. The summed E-state index contributed by atoms with van der Waals surface area (Å²) in [4.78, 5) is 10.4. The van der Waals surface area contributed by atoms with Gasteiger partial charge in [0.15, 0.2) is 11.3 Å². The summed E-state index contributed by atoms with van der Waals surface area (Å²) in [6.45, 7) is 1.62. The summed E-state index contributed by atoms with van der Waals surface area (Å²) in [5.74, 6) is 0.305. The van der Waals surface area contributed by atoms with Crippen molar-refractivity contribution in [1.29, 1.82) is 5.26 Å². The van der Waals surface area contributed by atoms with Gasteiger partial charge in [0.1, 0.15) is 12.2 Å². The molecule has 2 atom stereocenters. The highest BCUT2D eigenvalue weighted by molar-refractivity contribution is 5.71. The molecule has 1 fully saturated rings. The maximum absolute atomic E-state index is 10.9. The van der Waals surface area contributed by atoms with Gasteiger partial charge in [0, 0.05) is 12.6 Å². The van der Waals surface area contributed by atoms with Gasteiger partial charge in [-0.15, -0.1) is 0 Å². The van der Waals surface area contributed by atoms with Crippen LogP contribution in [0.15, 0.2) is 12.1 Å². The first-order valence-electron chi connectivity index (χ1n) is 6.06. The number of rotatable bonds is 1. The van der Waals surface area contributed by atoms with Crippen LogP contribution in [0.25, 0.3) is 0 Å². The van der Waals surface area contributed by atoms with Crippen molar-refractivity contribution in [1.82, 2.24) is 5.32 Å². The van der Waals surface area contributed by atoms with E-state index in [0.717, 1.165) is 19.5 Å². The smallest absolute Gasteiger partial charge is 0.291 e. The minimum atomic E-state index is -0.559. The van der Waals surface area contributed by atoms with Gasteiger partial charge >= 0.3 is 0 Å². The fraction of sp³-hybridized carbons (Fsp3) is 0.417. The molecule has 2 aliphatic heterocycles. The molecule has 2 heterocycles. The van der Waals surface area contributed by atoms with E-state index in [1.807, 2.05) is 6.07 Å². The van der Waals surface area contributed by atoms with E-state index in [1.54, 1.807) is 6.07 Å². The van der Waals surface area contributed by atoms with E-state index in [9.17, 15) is 10.1 Å². The number of anilines is 1. The third-order valence-corrected chi connectivity index (χ3v) is 3.47. The van der Waals surface area contributed by atoms with Gasteiger partial charge in [-0.1, -0.05) is 0 Å². The Morgan fingerprint density at radius 1 is 1.53 bits per heavy atom. The summed E-state index contributed by atoms with van der Waals surface area (Å²) >= 11 is 0. The summed E-state index contributed by atoms with van der Waals surface area (Å²) in [5, 5.41) is 26.6. The lowest BCUT2D eigenvalue weighted by Gasteiger charge is -2.38. The Morgan fingerprint density at radius 3 is 3.11 bits per heavy atom. The molecule has 3 rings (SSSR count). The van der Waals surface area contributed by atoms with Crippen molar-refractivity contribution < 1.29 is 9.66 Å². The molecule has 0 aliphatic carbocycles. The molecule has 98 valence electrons. The van der Waals surface area contributed by atoms with Gasteiger partial charge in [-0.25, -0.2) is 0 Å². The van der Waals surface area contributed by atoms with Crippen LogP contribution in [0, 0.1) is 21.4 Å². The lowest BCUT2D eigenvalue weighted by atomic mass is 9.99. The molecule has 0 aromatic heterocycles. The number of nitriles is 1. The lowest BCUT2D eigenvalue weighted by Crippen LogP contribution is -2.52. The first kappa shape index (κ1) is 11.7. The van der Waals surface area contributed by atoms with Gasteiger partial charge in [0.2, 0.25) is 0 Å². The Balaban J connectivity index is 2.06. The topological polar surface area (TPSA) is 100 Å². The van der Waals surface area contributed by atoms with Gasteiger partial charge in [0.25, 0.3) is 5.69 Å². The highest BCUT2D eigenvalue weighted by atomic mass is 16.6. The number of hydrogen-bond donors (Lipinski definition) is 2. The van der Waals surface area contributed by atoms with Crippen molar-refractivity contribution in [3.63, 3.8) is 0 Å². The van der Waals surface area contributed by atoms with Gasteiger partial charge in [-0.05, 0) is 19.0 Å². The molecule has 0 amide bonds. The molecule has 1 saturated heterocycles. The summed E-state index contributed by atoms with van der Waals surface area (Å²) in [6, 6.07) is 4.95. The van der Waals surface area contributed by atoms with E-state index in [1.165, 1.54) is 6.07 Å². The van der Waals surface area contributed by atoms with Crippen molar-refractivity contribution in [3.8, 4) is 11.8 Å². The normalized spacial score (nSPS) is 24.2. The van der Waals surface area contributed by atoms with E-state index in [0.29, 0.717) is 11.4 Å². The molecule has 7 heteroatoms. The minimum absolute atomic E-state index is 0.00742. The maximum atomic E-state index is 10.9. The molecule has 0 saturated carbocycles. The summed E-state index contributed by atoms with van der Waals surface area (Å²) < 4.78 is 5.82. The summed E-state index contributed by atoms with van der Waals surface area (Å²) in [6.07, 6.45) is 0.757. The largest absolute Gasteiger partial charge is 0.484 e. The highest BCUT2D eigenvalue weighted by Crippen LogP contribution is 2.40. The zero-order valence-electron chi connectivity index (χ0n) is 10.0. The summed E-state index contributed by atoms with van der Waals surface area (Å²) in [5.41, 5.74) is 0.425. The van der Waals surface area contributed by atoms with Crippen LogP contribution in [0.1, 0.15) is 12.0 Å². The molecule has 0 spiro atoms. The fourth-order valence-corrected chi connectivity index (χ4v) is 2.54. The molecule has 19 heavy (non-hydrogen) atoms. The standard InChI is InChI=1S/C12H12N4O3/c13-5-7-10(16(17)18)2-1-8-12(7)19-11-3-4-14-6-9(11)15-8/h1-2,9,11,14-15H,3-4,6H2/t9-,11+/m1/s1. The fourth-order valence-electron chi connectivity index (χ4n) is 2.54. The molecule has 1 aromatic rings. The number of fused-ring (bicyclic) bond motifs is 2. The second-order valence-corrected chi connectivity index (χ2v) is 4.61. The van der Waals surface area contributed by atoms with Crippen molar-refractivity contribution in [2.75, 3.05) is 18.4 Å². The first-order valence-corrected chi connectivity index (χ1v) is 6.06. The summed E-state index contributed by atoms with van der Waals surface area (Å²) in [7, 11) is 0. The van der Waals surface area contributed by atoms with Crippen LogP contribution in [0.5, 0.6) is 5.75 Å². The van der Waals surface area contributed by atoms with Crippen LogP contribution in [0.2, 0.25) is 0 Å². The molecule has 1 aromatic carbocycles. The Hall–Kier alpha value is -2.33. The number of benzene rings is 1. The van der Waals surface area contributed by atoms with Gasteiger partial charge < -0.3 is 15.4 Å². The van der Waals surface area contributed by atoms with Crippen molar-refractivity contribution in [2.45, 2.75) is 18.6 Å². The zero-order chi connectivity index (χ0) is 13.4. The van der Waals surface area contributed by atoms with E-state index in [-0.39, 0.29) is 23.4 Å². The second-order valence-electron chi connectivity index (χ2n) is 4.61. The maximum Gasteiger partial charge on any atom is 0.291 e. The molecule has 0 radical (unpaired) electrons. The number of nitro groups is 1. The van der Waals surface area contributed by atoms with E-state index >= 15 is 0 Å². The van der Waals surface area contributed by atoms with Gasteiger partial charge in [-0.3, -0.25) is 10.1 Å². The number of nitrogens with one attached hydrogen (secondary N) is 2. The monoisotopic (exact) mass is 260 g/mol. The van der Waals surface area contributed by atoms with Crippen LogP contribution in [-0.4, -0.2) is 30.2 Å². The van der Waals surface area contributed by atoms with Crippen molar-refractivity contribution in [3.05, 3.63) is 27.8 Å². The Kier molecular flexibility index (Phi) is 2.72. The quantitative estimate of drug-likeness (QED) is 0.577. The second kappa shape index (κ2) is 4.40. The van der Waals surface area contributed by atoms with Crippen LogP contribution in [-0.2, 0) is 0 Å². The third-order valence-electron chi connectivity index (χ3n) is 3.47. The molecular weight excluding hydrogens is 248 g/mol. The Morgan fingerprint density at radius 2 is 2.37 bits per heavy atom. The van der Waals surface area contributed by atoms with Crippen LogP contribution < -0.4 is 15.4 Å². The van der Waals surface area contributed by atoms with E-state index in [4.69, 9.17) is 10.00 Å². The Labute approximate surface area is 109 Å². The molecule has 0 unspecified atom stereocenters. The molecule has 0 bridgehead atoms. The van der Waals surface area contributed by atoms with Gasteiger partial charge in [-0.2, -0.15) is 5.26 Å². The number of nitro benzene ring substituents is 1. The van der Waals surface area contributed by atoms with Gasteiger partial charge in [0.05, 0.1) is 16.7 Å². The van der Waals surface area contributed by atoms with Crippen molar-refractivity contribution in [2.24, 2.45) is 0 Å². The molecule has 7 nitrogen and oxygen atoms in total. The average molecular weight is 260 g/mol. The minimum Gasteiger partial charge on any atom is -0.484 e. The van der Waals surface area contributed by atoms with Crippen LogP contribution >= 0.6 is 0 Å². The number of nitrogens with zero attached hydrogens (tertiary/aromatic N) is 2. The van der Waals surface area contributed by atoms with E-state index < -0.39 is 4.92 Å². The molecular formula is C12H12N4O3. The van der Waals surface area contributed by atoms with E-state index in [2.05, 4.69) is 10.6 Å². The lowest BCUT2D eigenvalue weighted by molar-refractivity contribution is -0.385. The number of ether oxygens (including phenoxy) is 1. The molecule has 2 N–H and O–H groups in total. The van der Waals surface area contributed by atoms with Crippen molar-refractivity contribution >= 4 is 11.4 Å². The number of hydrogen-bond acceptors (Lipinski definition) is 6. The third kappa shape index (κ3) is 1.86. The average Bonchev–Trinajstić information content (AvgIpc) is 2.43. The predicted molar refractivity (Wildman–Crippen MR) is 67.1 cm³/mol. The number of piperidine rings is 1. The first-order chi connectivity index (χ1) is 9.20. The predicted octanol–water partition coefficient (Wildman–Crippen LogP) is 1.00. The van der Waals surface area contributed by atoms with Crippen LogP contribution in [0.4, 0.5) is 11.4 Å².